The molecule has 0 amide bonds. The van der Waals surface area contributed by atoms with Crippen molar-refractivity contribution < 1.29 is 0 Å². The second-order valence-electron chi connectivity index (χ2n) is 3.21. The third-order valence-electron chi connectivity index (χ3n) is 2.38. The zero-order valence-electron chi connectivity index (χ0n) is 8.29. The van der Waals surface area contributed by atoms with E-state index < -0.39 is 0 Å². The van der Waals surface area contributed by atoms with Crippen LogP contribution in [0.5, 0.6) is 0 Å². The van der Waals surface area contributed by atoms with E-state index in [1.54, 1.807) is 11.3 Å². The van der Waals surface area contributed by atoms with Crippen molar-refractivity contribution in [1.82, 2.24) is 11.1 Å². The molecular weight excluding hydrogens is 214 g/mol. The highest BCUT2D eigenvalue weighted by atomic mass is 35.5. The van der Waals surface area contributed by atoms with Gasteiger partial charge >= 0.3 is 0 Å². The summed E-state index contributed by atoms with van der Waals surface area (Å²) in [4.78, 5) is 0. The van der Waals surface area contributed by atoms with Gasteiger partial charge in [-0.1, -0.05) is 11.6 Å². The lowest BCUT2D eigenvalue weighted by Gasteiger charge is -2.19. The number of rotatable bonds is 2. The fourth-order valence-electron chi connectivity index (χ4n) is 1.52. The van der Waals surface area contributed by atoms with Crippen LogP contribution in [0, 0.1) is 6.92 Å². The molecule has 0 fully saturated rings. The Hall–Kier alpha value is -1.30. The van der Waals surface area contributed by atoms with E-state index in [4.69, 9.17) is 17.3 Å². The molecule has 80 valence electrons. The van der Waals surface area contributed by atoms with Crippen LogP contribution in [-0.2, 0) is 6.54 Å². The van der Waals surface area contributed by atoms with Gasteiger partial charge in [0, 0.05) is 11.6 Å². The molecule has 4 N–H and O–H groups in total. The molecule has 0 aromatic heterocycles. The molecule has 0 spiro atoms. The minimum atomic E-state index is 0.438. The van der Waals surface area contributed by atoms with Crippen molar-refractivity contribution in [3.05, 3.63) is 28.3 Å². The second kappa shape index (κ2) is 4.06. The lowest BCUT2D eigenvalue weighted by atomic mass is 10.1. The fourth-order valence-corrected chi connectivity index (χ4v) is 1.69. The molecule has 2 rings (SSSR count). The molecule has 0 unspecified atom stereocenters. The first-order chi connectivity index (χ1) is 7.24. The molecule has 0 atom stereocenters. The summed E-state index contributed by atoms with van der Waals surface area (Å²) in [5.41, 5.74) is 14.2. The molecule has 6 heteroatoms. The van der Waals surface area contributed by atoms with Crippen molar-refractivity contribution in [3.63, 3.8) is 0 Å². The molecular formula is C9H12ClN5. The average molecular weight is 226 g/mol. The van der Waals surface area contributed by atoms with E-state index in [1.807, 2.05) is 19.1 Å². The minimum absolute atomic E-state index is 0.438. The van der Waals surface area contributed by atoms with Crippen LogP contribution in [0.4, 0.5) is 5.69 Å². The first-order valence-electron chi connectivity index (χ1n) is 4.55. The van der Waals surface area contributed by atoms with E-state index >= 15 is 0 Å². The molecule has 15 heavy (non-hydrogen) atoms. The van der Waals surface area contributed by atoms with Crippen molar-refractivity contribution >= 4 is 23.6 Å². The number of nitrogens with zero attached hydrogens (tertiary/aromatic N) is 2. The number of hydrazine groups is 2. The summed E-state index contributed by atoms with van der Waals surface area (Å²) in [5.74, 6) is 0. The zero-order chi connectivity index (χ0) is 10.8. The van der Waals surface area contributed by atoms with E-state index in [1.165, 1.54) is 0 Å². The van der Waals surface area contributed by atoms with Crippen molar-refractivity contribution in [2.24, 2.45) is 10.8 Å². The Bertz CT molecular complexity index is 404. The van der Waals surface area contributed by atoms with Crippen LogP contribution in [-0.4, -0.2) is 6.34 Å². The molecule has 0 aliphatic carbocycles. The summed E-state index contributed by atoms with van der Waals surface area (Å²) >= 11 is 6.03. The van der Waals surface area contributed by atoms with Crippen molar-refractivity contribution in [2.45, 2.75) is 13.5 Å². The Kier molecular flexibility index (Phi) is 2.77. The van der Waals surface area contributed by atoms with Crippen LogP contribution in [0.3, 0.4) is 0 Å². The molecule has 0 saturated heterocycles. The highest BCUT2D eigenvalue weighted by molar-refractivity contribution is 6.31. The maximum Gasteiger partial charge on any atom is 0.133 e. The summed E-state index contributed by atoms with van der Waals surface area (Å²) in [6, 6.07) is 3.75. The molecule has 0 saturated carbocycles. The summed E-state index contributed by atoms with van der Waals surface area (Å²) in [7, 11) is 0. The SMILES string of the molecule is Cc1c(Cl)ccc(N2C=NNN2)c1CN. The van der Waals surface area contributed by atoms with E-state index in [0.29, 0.717) is 6.54 Å². The van der Waals surface area contributed by atoms with Crippen LogP contribution in [0.25, 0.3) is 0 Å². The molecule has 1 aromatic rings. The predicted octanol–water partition coefficient (Wildman–Crippen LogP) is 0.880. The summed E-state index contributed by atoms with van der Waals surface area (Å²) < 4.78 is 0. The van der Waals surface area contributed by atoms with Crippen molar-refractivity contribution in [1.29, 1.82) is 0 Å². The molecule has 1 aliphatic rings. The van der Waals surface area contributed by atoms with Gasteiger partial charge in [0.15, 0.2) is 0 Å². The molecule has 0 bridgehead atoms. The van der Waals surface area contributed by atoms with Gasteiger partial charge in [-0.2, -0.15) is 5.10 Å². The number of nitrogens with two attached hydrogens (primary N) is 1. The van der Waals surface area contributed by atoms with Gasteiger partial charge in [0.05, 0.1) is 5.69 Å². The van der Waals surface area contributed by atoms with Gasteiger partial charge < -0.3 is 5.73 Å². The third-order valence-corrected chi connectivity index (χ3v) is 2.79. The topological polar surface area (TPSA) is 65.7 Å². The maximum atomic E-state index is 6.03. The first-order valence-corrected chi connectivity index (χ1v) is 4.93. The fraction of sp³-hybridized carbons (Fsp3) is 0.222. The Balaban J connectivity index is 2.46. The van der Waals surface area contributed by atoms with E-state index in [-0.39, 0.29) is 0 Å². The molecule has 1 heterocycles. The monoisotopic (exact) mass is 225 g/mol. The number of anilines is 1. The number of benzene rings is 1. The van der Waals surface area contributed by atoms with Gasteiger partial charge in [-0.05, 0) is 30.2 Å². The Morgan fingerprint density at radius 3 is 2.93 bits per heavy atom. The normalized spacial score (nSPS) is 14.5. The van der Waals surface area contributed by atoms with Crippen LogP contribution in [0.1, 0.15) is 11.1 Å². The quantitative estimate of drug-likeness (QED) is 0.699. The standard InChI is InChI=1S/C9H12ClN5/c1-6-7(4-11)9(3-2-8(6)10)15-5-12-13-14-15/h2-3,5,13-14H,4,11H2,1H3. The van der Waals surface area contributed by atoms with Crippen LogP contribution in [0.15, 0.2) is 17.2 Å². The highest BCUT2D eigenvalue weighted by Gasteiger charge is 2.14. The maximum absolute atomic E-state index is 6.03. The van der Waals surface area contributed by atoms with Gasteiger partial charge in [0.2, 0.25) is 0 Å². The summed E-state index contributed by atoms with van der Waals surface area (Å²) in [5, 5.41) is 6.32. The third kappa shape index (κ3) is 1.77. The Labute approximate surface area is 92.8 Å². The molecule has 1 aliphatic heterocycles. The number of hydrogen-bond acceptors (Lipinski definition) is 5. The van der Waals surface area contributed by atoms with Gasteiger partial charge in [-0.15, -0.1) is 5.53 Å². The van der Waals surface area contributed by atoms with Gasteiger partial charge in [-0.3, -0.25) is 0 Å². The smallest absolute Gasteiger partial charge is 0.133 e. The van der Waals surface area contributed by atoms with Crippen LogP contribution < -0.4 is 21.8 Å². The second-order valence-corrected chi connectivity index (χ2v) is 3.62. The minimum Gasteiger partial charge on any atom is -0.326 e. The van der Waals surface area contributed by atoms with Gasteiger partial charge in [-0.25, -0.2) is 10.5 Å². The molecule has 0 radical (unpaired) electrons. The van der Waals surface area contributed by atoms with Crippen LogP contribution in [0.2, 0.25) is 5.02 Å². The molecule has 5 nitrogen and oxygen atoms in total. The number of hydrogen-bond donors (Lipinski definition) is 3. The summed E-state index contributed by atoms with van der Waals surface area (Å²) in [6.45, 7) is 2.39. The van der Waals surface area contributed by atoms with E-state index in [2.05, 4.69) is 16.2 Å². The highest BCUT2D eigenvalue weighted by Crippen LogP contribution is 2.27. The predicted molar refractivity (Wildman–Crippen MR) is 61.3 cm³/mol. The largest absolute Gasteiger partial charge is 0.326 e. The Morgan fingerprint density at radius 2 is 2.33 bits per heavy atom. The van der Waals surface area contributed by atoms with Crippen molar-refractivity contribution in [3.8, 4) is 0 Å². The summed E-state index contributed by atoms with van der Waals surface area (Å²) in [6.07, 6.45) is 1.64. The molecule has 1 aromatic carbocycles. The van der Waals surface area contributed by atoms with Gasteiger partial charge in [0.25, 0.3) is 0 Å². The zero-order valence-corrected chi connectivity index (χ0v) is 9.04. The number of halogens is 1. The van der Waals surface area contributed by atoms with E-state index in [9.17, 15) is 0 Å². The van der Waals surface area contributed by atoms with Gasteiger partial charge in [0.1, 0.15) is 6.34 Å². The average Bonchev–Trinajstić information content (AvgIpc) is 2.75. The lowest BCUT2D eigenvalue weighted by molar-refractivity contribution is 0.622. The van der Waals surface area contributed by atoms with Crippen molar-refractivity contribution in [2.75, 3.05) is 5.01 Å². The number of nitrogens with one attached hydrogen (secondary N) is 2. The first kappa shape index (κ1) is 10.2. The Morgan fingerprint density at radius 1 is 1.53 bits per heavy atom. The van der Waals surface area contributed by atoms with Crippen LogP contribution >= 0.6 is 11.6 Å². The lowest BCUT2D eigenvalue weighted by Crippen LogP contribution is -2.38. The number of hydrazone groups is 1. The van der Waals surface area contributed by atoms with E-state index in [0.717, 1.165) is 21.8 Å².